The van der Waals surface area contributed by atoms with Crippen molar-refractivity contribution in [2.24, 2.45) is 10.9 Å². The number of nitrogens with zero attached hydrogens (tertiary/aromatic N) is 2. The second-order valence-electron chi connectivity index (χ2n) is 5.73. The molecule has 0 aromatic heterocycles. The molecule has 0 heterocycles. The van der Waals surface area contributed by atoms with Gasteiger partial charge < -0.3 is 19.7 Å². The van der Waals surface area contributed by atoms with Gasteiger partial charge in [-0.05, 0) is 44.9 Å². The lowest BCUT2D eigenvalue weighted by molar-refractivity contribution is 0.115. The minimum absolute atomic E-state index is 0.783. The highest BCUT2D eigenvalue weighted by Crippen LogP contribution is 2.28. The minimum atomic E-state index is 0.783. The van der Waals surface area contributed by atoms with E-state index in [9.17, 15) is 0 Å². The molecule has 0 aliphatic heterocycles. The average Bonchev–Trinajstić information content (AvgIpc) is 3.30. The Balaban J connectivity index is 2.14. The van der Waals surface area contributed by atoms with Crippen LogP contribution in [0.2, 0.25) is 0 Å². The highest BCUT2D eigenvalue weighted by Gasteiger charge is 2.21. The Bertz CT molecular complexity index is 281. The van der Waals surface area contributed by atoms with E-state index in [1.54, 1.807) is 7.11 Å². The van der Waals surface area contributed by atoms with Gasteiger partial charge in [0.2, 0.25) is 0 Å². The van der Waals surface area contributed by atoms with Crippen LogP contribution in [0.15, 0.2) is 4.99 Å². The van der Waals surface area contributed by atoms with Crippen LogP contribution < -0.4 is 5.32 Å². The van der Waals surface area contributed by atoms with Crippen LogP contribution in [-0.2, 0) is 9.47 Å². The normalized spacial score (nSPS) is 15.3. The summed E-state index contributed by atoms with van der Waals surface area (Å²) in [6.45, 7) is 7.33. The molecule has 0 bridgehead atoms. The molecule has 0 spiro atoms. The van der Waals surface area contributed by atoms with E-state index in [0.717, 1.165) is 64.2 Å². The second-order valence-corrected chi connectivity index (χ2v) is 5.73. The van der Waals surface area contributed by atoms with Gasteiger partial charge in [0.25, 0.3) is 0 Å². The van der Waals surface area contributed by atoms with E-state index in [1.807, 2.05) is 0 Å². The van der Waals surface area contributed by atoms with Crippen molar-refractivity contribution in [2.45, 2.75) is 39.0 Å². The molecule has 0 amide bonds. The molecular weight excluding hydrogens is 266 g/mol. The SMILES string of the molecule is CCNC(=NCCCCCOC)N(C)CCOCC1CC1. The average molecular weight is 299 g/mol. The third-order valence-corrected chi connectivity index (χ3v) is 3.59. The lowest BCUT2D eigenvalue weighted by atomic mass is 10.2. The summed E-state index contributed by atoms with van der Waals surface area (Å²) in [7, 11) is 3.83. The van der Waals surface area contributed by atoms with Gasteiger partial charge >= 0.3 is 0 Å². The third kappa shape index (κ3) is 9.69. The van der Waals surface area contributed by atoms with Crippen molar-refractivity contribution in [3.8, 4) is 0 Å². The topological polar surface area (TPSA) is 46.1 Å². The molecule has 5 nitrogen and oxygen atoms in total. The van der Waals surface area contributed by atoms with Crippen molar-refractivity contribution in [1.29, 1.82) is 0 Å². The van der Waals surface area contributed by atoms with Crippen LogP contribution >= 0.6 is 0 Å². The summed E-state index contributed by atoms with van der Waals surface area (Å²) in [6.07, 6.45) is 6.11. The third-order valence-electron chi connectivity index (χ3n) is 3.59. The lowest BCUT2D eigenvalue weighted by Gasteiger charge is -2.22. The standard InChI is InChI=1S/C16H33N3O2/c1-4-17-16(18-10-6-5-7-12-20-3)19(2)11-13-21-14-15-8-9-15/h15H,4-14H2,1-3H3,(H,17,18). The molecule has 1 aliphatic carbocycles. The van der Waals surface area contributed by atoms with Crippen molar-refractivity contribution < 1.29 is 9.47 Å². The molecule has 0 unspecified atom stereocenters. The fourth-order valence-electron chi connectivity index (χ4n) is 2.03. The number of ether oxygens (including phenoxy) is 2. The Morgan fingerprint density at radius 2 is 2.05 bits per heavy atom. The first kappa shape index (κ1) is 18.2. The quantitative estimate of drug-likeness (QED) is 0.341. The van der Waals surface area contributed by atoms with Crippen LogP contribution in [0.4, 0.5) is 0 Å². The Morgan fingerprint density at radius 1 is 1.24 bits per heavy atom. The molecule has 124 valence electrons. The van der Waals surface area contributed by atoms with Crippen LogP contribution in [0.1, 0.15) is 39.0 Å². The monoisotopic (exact) mass is 299 g/mol. The smallest absolute Gasteiger partial charge is 0.193 e. The number of nitrogens with one attached hydrogen (secondary N) is 1. The van der Waals surface area contributed by atoms with Gasteiger partial charge in [-0.2, -0.15) is 0 Å². The zero-order valence-electron chi connectivity index (χ0n) is 14.1. The van der Waals surface area contributed by atoms with Gasteiger partial charge in [0.05, 0.1) is 6.61 Å². The molecule has 0 saturated heterocycles. The number of guanidine groups is 1. The Hall–Kier alpha value is -0.810. The Kier molecular flexibility index (Phi) is 10.3. The van der Waals surface area contributed by atoms with E-state index >= 15 is 0 Å². The summed E-state index contributed by atoms with van der Waals surface area (Å²) in [6, 6.07) is 0. The molecular formula is C16H33N3O2. The van der Waals surface area contributed by atoms with Crippen LogP contribution in [0.5, 0.6) is 0 Å². The molecule has 0 radical (unpaired) electrons. The minimum Gasteiger partial charge on any atom is -0.385 e. The zero-order chi connectivity index (χ0) is 15.3. The number of methoxy groups -OCH3 is 1. The van der Waals surface area contributed by atoms with Gasteiger partial charge in [-0.1, -0.05) is 0 Å². The Morgan fingerprint density at radius 3 is 2.71 bits per heavy atom. The molecule has 5 heteroatoms. The highest BCUT2D eigenvalue weighted by atomic mass is 16.5. The number of aliphatic imine (C=N–C) groups is 1. The summed E-state index contributed by atoms with van der Waals surface area (Å²) in [4.78, 5) is 6.83. The lowest BCUT2D eigenvalue weighted by Crippen LogP contribution is -2.40. The first-order valence-electron chi connectivity index (χ1n) is 8.34. The molecule has 1 N–H and O–H groups in total. The van der Waals surface area contributed by atoms with Crippen LogP contribution in [0.3, 0.4) is 0 Å². The molecule has 0 aromatic rings. The van der Waals surface area contributed by atoms with Crippen molar-refractivity contribution in [2.75, 3.05) is 53.6 Å². The Labute approximate surface area is 130 Å². The van der Waals surface area contributed by atoms with Crippen LogP contribution in [-0.4, -0.2) is 64.5 Å². The fraction of sp³-hybridized carbons (Fsp3) is 0.938. The summed E-state index contributed by atoms with van der Waals surface area (Å²) < 4.78 is 10.7. The van der Waals surface area contributed by atoms with Gasteiger partial charge in [0.1, 0.15) is 0 Å². The maximum absolute atomic E-state index is 5.69. The van der Waals surface area contributed by atoms with Gasteiger partial charge in [-0.15, -0.1) is 0 Å². The van der Waals surface area contributed by atoms with Gasteiger partial charge in [-0.3, -0.25) is 4.99 Å². The second kappa shape index (κ2) is 11.8. The fourth-order valence-corrected chi connectivity index (χ4v) is 2.03. The van der Waals surface area contributed by atoms with Gasteiger partial charge in [0.15, 0.2) is 5.96 Å². The molecule has 1 aliphatic rings. The summed E-state index contributed by atoms with van der Waals surface area (Å²) in [5, 5.41) is 3.34. The summed E-state index contributed by atoms with van der Waals surface area (Å²) >= 11 is 0. The number of rotatable bonds is 12. The number of likely N-dealkylation sites (N-methyl/N-ethyl adjacent to an activating group) is 1. The van der Waals surface area contributed by atoms with E-state index in [2.05, 4.69) is 29.2 Å². The maximum atomic E-state index is 5.69. The van der Waals surface area contributed by atoms with Crippen LogP contribution in [0, 0.1) is 5.92 Å². The van der Waals surface area contributed by atoms with Gasteiger partial charge in [0, 0.05) is 47.0 Å². The molecule has 1 saturated carbocycles. The first-order chi connectivity index (χ1) is 10.3. The maximum Gasteiger partial charge on any atom is 0.193 e. The largest absolute Gasteiger partial charge is 0.385 e. The van der Waals surface area contributed by atoms with E-state index in [1.165, 1.54) is 19.3 Å². The van der Waals surface area contributed by atoms with E-state index in [-0.39, 0.29) is 0 Å². The highest BCUT2D eigenvalue weighted by molar-refractivity contribution is 5.79. The summed E-state index contributed by atoms with van der Waals surface area (Å²) in [5.41, 5.74) is 0. The number of hydrogen-bond acceptors (Lipinski definition) is 3. The van der Waals surface area contributed by atoms with Crippen molar-refractivity contribution in [3.63, 3.8) is 0 Å². The molecule has 1 rings (SSSR count). The van der Waals surface area contributed by atoms with Crippen molar-refractivity contribution in [1.82, 2.24) is 10.2 Å². The van der Waals surface area contributed by atoms with E-state index < -0.39 is 0 Å². The van der Waals surface area contributed by atoms with Crippen LogP contribution in [0.25, 0.3) is 0 Å². The first-order valence-corrected chi connectivity index (χ1v) is 8.34. The summed E-state index contributed by atoms with van der Waals surface area (Å²) in [5.74, 6) is 1.82. The zero-order valence-corrected chi connectivity index (χ0v) is 14.1. The number of unbranched alkanes of at least 4 members (excludes halogenated alkanes) is 2. The molecule has 0 atom stereocenters. The molecule has 21 heavy (non-hydrogen) atoms. The van der Waals surface area contributed by atoms with Gasteiger partial charge in [-0.25, -0.2) is 0 Å². The molecule has 1 fully saturated rings. The predicted octanol–water partition coefficient (Wildman–Crippen LogP) is 2.13. The molecule has 0 aromatic carbocycles. The van der Waals surface area contributed by atoms with Crippen molar-refractivity contribution in [3.05, 3.63) is 0 Å². The van der Waals surface area contributed by atoms with E-state index in [0.29, 0.717) is 0 Å². The van der Waals surface area contributed by atoms with Crippen molar-refractivity contribution >= 4 is 5.96 Å². The number of hydrogen-bond donors (Lipinski definition) is 1. The van der Waals surface area contributed by atoms with E-state index in [4.69, 9.17) is 9.47 Å². The predicted molar refractivity (Wildman–Crippen MR) is 87.9 cm³/mol.